The van der Waals surface area contributed by atoms with Crippen molar-refractivity contribution >= 4 is 23.7 Å². The third-order valence-corrected chi connectivity index (χ3v) is 2.95. The van der Waals surface area contributed by atoms with Crippen LogP contribution < -0.4 is 0 Å². The maximum Gasteiger partial charge on any atom is 0.346 e. The van der Waals surface area contributed by atoms with Gasteiger partial charge in [-0.1, -0.05) is 12.6 Å². The highest BCUT2D eigenvalue weighted by atomic mass is 16.6. The number of aliphatic hydroxyl groups excluding tert-OH is 1. The van der Waals surface area contributed by atoms with Gasteiger partial charge in [-0.3, -0.25) is 4.79 Å². The molecule has 0 amide bonds. The predicted molar refractivity (Wildman–Crippen MR) is 72.3 cm³/mol. The lowest BCUT2D eigenvalue weighted by Crippen LogP contribution is -2.28. The Morgan fingerprint density at radius 1 is 1.27 bits per heavy atom. The second kappa shape index (κ2) is 5.90. The molecule has 22 heavy (non-hydrogen) atoms. The van der Waals surface area contributed by atoms with Crippen LogP contribution in [-0.4, -0.2) is 41.5 Å². The van der Waals surface area contributed by atoms with Crippen LogP contribution in [-0.2, 0) is 14.3 Å². The fourth-order valence-corrected chi connectivity index (χ4v) is 1.78. The summed E-state index contributed by atoms with van der Waals surface area (Å²) in [7, 11) is 0. The molecule has 1 aromatic carbocycles. The highest BCUT2D eigenvalue weighted by molar-refractivity contribution is 6.16. The van der Waals surface area contributed by atoms with Gasteiger partial charge in [0.05, 0.1) is 11.1 Å². The maximum atomic E-state index is 12.0. The molecule has 1 aliphatic rings. The molecule has 7 heteroatoms. The van der Waals surface area contributed by atoms with Crippen LogP contribution in [0, 0.1) is 0 Å². The second-order valence-electron chi connectivity index (χ2n) is 4.70. The van der Waals surface area contributed by atoms with E-state index >= 15 is 0 Å². The van der Waals surface area contributed by atoms with Gasteiger partial charge in [0.1, 0.15) is 6.61 Å². The van der Waals surface area contributed by atoms with E-state index in [9.17, 15) is 24.3 Å². The molecule has 0 fully saturated rings. The first-order valence-electron chi connectivity index (χ1n) is 6.26. The van der Waals surface area contributed by atoms with Crippen LogP contribution in [0.1, 0.15) is 38.0 Å². The Balaban J connectivity index is 2.12. The normalized spacial score (nSPS) is 14.1. The molecular formula is C15H12O7. The van der Waals surface area contributed by atoms with Crippen LogP contribution in [0.25, 0.3) is 0 Å². The molecule has 0 spiro atoms. The maximum absolute atomic E-state index is 12.0. The minimum absolute atomic E-state index is 0.00396. The molecule has 0 saturated carbocycles. The second-order valence-corrected chi connectivity index (χ2v) is 4.70. The lowest BCUT2D eigenvalue weighted by molar-refractivity contribution is -0.140. The Labute approximate surface area is 125 Å². The standard InChI is InChI=1S/C15H12O7/c1-7(2)13(18)21-6-11(16)12(17)8-3-4-9-10(5-8)15(20)22-14(9)19/h3-5,11,16H,1,6H2,2H3. The van der Waals surface area contributed by atoms with E-state index < -0.39 is 36.4 Å². The first-order chi connectivity index (χ1) is 10.3. The Morgan fingerprint density at radius 2 is 1.91 bits per heavy atom. The number of hydrogen-bond donors (Lipinski definition) is 1. The van der Waals surface area contributed by atoms with E-state index in [0.717, 1.165) is 6.07 Å². The molecule has 2 rings (SSSR count). The SMILES string of the molecule is C=C(C)C(=O)OCC(O)C(=O)c1ccc2c(c1)C(=O)OC2=O. The van der Waals surface area contributed by atoms with Crippen LogP contribution in [0.3, 0.4) is 0 Å². The summed E-state index contributed by atoms with van der Waals surface area (Å²) in [6.07, 6.45) is -1.59. The number of fused-ring (bicyclic) bond motifs is 1. The molecule has 0 aliphatic carbocycles. The zero-order valence-electron chi connectivity index (χ0n) is 11.6. The molecular weight excluding hydrogens is 292 g/mol. The number of esters is 3. The van der Waals surface area contributed by atoms with E-state index in [1.54, 1.807) is 0 Å². The number of ketones is 1. The molecule has 7 nitrogen and oxygen atoms in total. The minimum atomic E-state index is -1.59. The number of cyclic esters (lactones) is 2. The highest BCUT2D eigenvalue weighted by Crippen LogP contribution is 2.21. The van der Waals surface area contributed by atoms with Crippen molar-refractivity contribution in [1.82, 2.24) is 0 Å². The molecule has 1 N–H and O–H groups in total. The van der Waals surface area contributed by atoms with Crippen LogP contribution in [0.5, 0.6) is 0 Å². The largest absolute Gasteiger partial charge is 0.459 e. The molecule has 1 aromatic rings. The van der Waals surface area contributed by atoms with E-state index in [2.05, 4.69) is 16.1 Å². The number of aliphatic hydroxyl groups is 1. The predicted octanol–water partition coefficient (Wildman–Crippen LogP) is 0.660. The fraction of sp³-hybridized carbons (Fsp3) is 0.200. The van der Waals surface area contributed by atoms with Crippen molar-refractivity contribution in [3.63, 3.8) is 0 Å². The van der Waals surface area contributed by atoms with Crippen LogP contribution in [0.2, 0.25) is 0 Å². The molecule has 0 aromatic heterocycles. The minimum Gasteiger partial charge on any atom is -0.459 e. The smallest absolute Gasteiger partial charge is 0.346 e. The van der Waals surface area contributed by atoms with Crippen LogP contribution in [0.15, 0.2) is 30.4 Å². The number of rotatable bonds is 5. The third kappa shape index (κ3) is 2.94. The van der Waals surface area contributed by atoms with Crippen LogP contribution in [0.4, 0.5) is 0 Å². The Morgan fingerprint density at radius 3 is 2.55 bits per heavy atom. The molecule has 1 heterocycles. The average molecular weight is 304 g/mol. The summed E-state index contributed by atoms with van der Waals surface area (Å²) in [5.74, 6) is -3.10. The summed E-state index contributed by atoms with van der Waals surface area (Å²) in [6.45, 7) is 4.26. The van der Waals surface area contributed by atoms with E-state index in [1.807, 2.05) is 0 Å². The van der Waals surface area contributed by atoms with Gasteiger partial charge in [0, 0.05) is 11.1 Å². The Kier molecular flexibility index (Phi) is 4.18. The molecule has 114 valence electrons. The Bertz CT molecular complexity index is 702. The first-order valence-corrected chi connectivity index (χ1v) is 6.26. The fourth-order valence-electron chi connectivity index (χ4n) is 1.78. The highest BCUT2D eigenvalue weighted by Gasteiger charge is 2.31. The van der Waals surface area contributed by atoms with E-state index in [4.69, 9.17) is 0 Å². The molecule has 1 unspecified atom stereocenters. The van der Waals surface area contributed by atoms with Crippen molar-refractivity contribution in [2.24, 2.45) is 0 Å². The summed E-state index contributed by atoms with van der Waals surface area (Å²) >= 11 is 0. The number of hydrogen-bond acceptors (Lipinski definition) is 7. The molecule has 1 aliphatic heterocycles. The van der Waals surface area contributed by atoms with Gasteiger partial charge in [-0.25, -0.2) is 14.4 Å². The zero-order valence-corrected chi connectivity index (χ0v) is 11.6. The summed E-state index contributed by atoms with van der Waals surface area (Å²) in [5, 5.41) is 9.73. The van der Waals surface area contributed by atoms with Gasteiger partial charge in [-0.05, 0) is 19.1 Å². The first kappa shape index (κ1) is 15.6. The molecule has 1 atom stereocenters. The quantitative estimate of drug-likeness (QED) is 0.368. The number of ether oxygens (including phenoxy) is 2. The summed E-state index contributed by atoms with van der Waals surface area (Å²) in [5.41, 5.74) is 0.162. The van der Waals surface area contributed by atoms with Crippen molar-refractivity contribution in [2.75, 3.05) is 6.61 Å². The van der Waals surface area contributed by atoms with Crippen molar-refractivity contribution in [3.05, 3.63) is 47.0 Å². The van der Waals surface area contributed by atoms with Crippen molar-refractivity contribution < 1.29 is 33.8 Å². The van der Waals surface area contributed by atoms with Gasteiger partial charge >= 0.3 is 17.9 Å². The van der Waals surface area contributed by atoms with Gasteiger partial charge in [-0.15, -0.1) is 0 Å². The molecule has 0 saturated heterocycles. The summed E-state index contributed by atoms with van der Waals surface area (Å²) in [6, 6.07) is 3.71. The molecule has 0 bridgehead atoms. The van der Waals surface area contributed by atoms with Crippen molar-refractivity contribution in [2.45, 2.75) is 13.0 Å². The van der Waals surface area contributed by atoms with Gasteiger partial charge in [0.25, 0.3) is 0 Å². The van der Waals surface area contributed by atoms with Gasteiger partial charge in [0.2, 0.25) is 0 Å². The van der Waals surface area contributed by atoms with Crippen LogP contribution >= 0.6 is 0 Å². The number of benzene rings is 1. The van der Waals surface area contributed by atoms with Gasteiger partial charge in [-0.2, -0.15) is 0 Å². The third-order valence-electron chi connectivity index (χ3n) is 2.95. The molecule has 0 radical (unpaired) electrons. The van der Waals surface area contributed by atoms with E-state index in [-0.39, 0.29) is 22.3 Å². The zero-order chi connectivity index (χ0) is 16.4. The van der Waals surface area contributed by atoms with Crippen molar-refractivity contribution in [3.8, 4) is 0 Å². The van der Waals surface area contributed by atoms with E-state index in [1.165, 1.54) is 19.1 Å². The average Bonchev–Trinajstić information content (AvgIpc) is 2.77. The number of carbonyl (C=O) groups excluding carboxylic acids is 4. The van der Waals surface area contributed by atoms with Gasteiger partial charge < -0.3 is 14.6 Å². The van der Waals surface area contributed by atoms with Gasteiger partial charge in [0.15, 0.2) is 11.9 Å². The van der Waals surface area contributed by atoms with E-state index in [0.29, 0.717) is 0 Å². The van der Waals surface area contributed by atoms with Crippen molar-refractivity contribution in [1.29, 1.82) is 0 Å². The Hall–Kier alpha value is -2.80. The lowest BCUT2D eigenvalue weighted by atomic mass is 10.0. The monoisotopic (exact) mass is 304 g/mol. The summed E-state index contributed by atoms with van der Waals surface area (Å²) < 4.78 is 9.09. The summed E-state index contributed by atoms with van der Waals surface area (Å²) in [4.78, 5) is 45.9. The topological polar surface area (TPSA) is 107 Å². The number of carbonyl (C=O) groups is 4. The lowest BCUT2D eigenvalue weighted by Gasteiger charge is -2.10. The number of Topliss-reactive ketones (excluding diaryl/α,β-unsaturated/α-hetero) is 1.